The molecule has 0 heterocycles. The van der Waals surface area contributed by atoms with Gasteiger partial charge in [0.25, 0.3) is 0 Å². The molecule has 2 aromatic rings. The van der Waals surface area contributed by atoms with Crippen LogP contribution in [0.15, 0.2) is 48.5 Å². The van der Waals surface area contributed by atoms with E-state index in [2.05, 4.69) is 24.4 Å². The van der Waals surface area contributed by atoms with Crippen molar-refractivity contribution in [3.8, 4) is 0 Å². The molecule has 0 fully saturated rings. The number of rotatable bonds is 5. The van der Waals surface area contributed by atoms with Crippen molar-refractivity contribution in [3.05, 3.63) is 65.2 Å². The van der Waals surface area contributed by atoms with E-state index in [-0.39, 0.29) is 5.91 Å². The van der Waals surface area contributed by atoms with Gasteiger partial charge in [-0.15, -0.1) is 0 Å². The van der Waals surface area contributed by atoms with E-state index in [0.717, 1.165) is 17.8 Å². The first-order valence-corrected chi connectivity index (χ1v) is 7.15. The summed E-state index contributed by atoms with van der Waals surface area (Å²) < 4.78 is 0. The Morgan fingerprint density at radius 2 is 1.62 bits per heavy atom. The van der Waals surface area contributed by atoms with Crippen LogP contribution >= 0.6 is 0 Å². The minimum Gasteiger partial charge on any atom is -0.325 e. The van der Waals surface area contributed by atoms with Crippen molar-refractivity contribution < 1.29 is 4.79 Å². The number of benzene rings is 2. The Morgan fingerprint density at radius 1 is 1.00 bits per heavy atom. The molecule has 0 saturated carbocycles. The molecule has 3 heteroatoms. The number of likely N-dealkylation sites (N-methyl/N-ethyl adjacent to an activating group) is 1. The van der Waals surface area contributed by atoms with Crippen molar-refractivity contribution in [1.29, 1.82) is 0 Å². The summed E-state index contributed by atoms with van der Waals surface area (Å²) >= 11 is 0. The van der Waals surface area contributed by atoms with E-state index in [1.807, 2.05) is 55.3 Å². The lowest BCUT2D eigenvalue weighted by molar-refractivity contribution is -0.117. The molecule has 0 radical (unpaired) electrons. The van der Waals surface area contributed by atoms with Crippen LogP contribution < -0.4 is 5.32 Å². The summed E-state index contributed by atoms with van der Waals surface area (Å²) in [6, 6.07) is 16.1. The molecule has 0 bridgehead atoms. The quantitative estimate of drug-likeness (QED) is 0.912. The number of carbonyl (C=O) groups is 1. The highest BCUT2D eigenvalue weighted by molar-refractivity contribution is 5.92. The first-order valence-electron chi connectivity index (χ1n) is 7.15. The second-order valence-corrected chi connectivity index (χ2v) is 5.46. The molecule has 0 aromatic heterocycles. The standard InChI is InChI=1S/C18H22N2O/c1-14-8-4-6-10-16(14)12-20(3)13-18(21)19-17-11-7-5-9-15(17)2/h4-11H,12-13H2,1-3H3,(H,19,21). The van der Waals surface area contributed by atoms with Crippen molar-refractivity contribution in [2.75, 3.05) is 18.9 Å². The molecule has 3 nitrogen and oxygen atoms in total. The minimum absolute atomic E-state index is 0.0142. The van der Waals surface area contributed by atoms with Gasteiger partial charge in [0.15, 0.2) is 0 Å². The zero-order valence-corrected chi connectivity index (χ0v) is 12.9. The van der Waals surface area contributed by atoms with Crippen LogP contribution in [-0.4, -0.2) is 24.4 Å². The topological polar surface area (TPSA) is 32.3 Å². The summed E-state index contributed by atoms with van der Waals surface area (Å²) in [6.07, 6.45) is 0. The smallest absolute Gasteiger partial charge is 0.238 e. The lowest BCUT2D eigenvalue weighted by Gasteiger charge is -2.18. The second-order valence-electron chi connectivity index (χ2n) is 5.46. The fraction of sp³-hybridized carbons (Fsp3) is 0.278. The van der Waals surface area contributed by atoms with Gasteiger partial charge in [-0.3, -0.25) is 9.69 Å². The summed E-state index contributed by atoms with van der Waals surface area (Å²) in [4.78, 5) is 14.1. The summed E-state index contributed by atoms with van der Waals surface area (Å²) in [6.45, 7) is 5.24. The lowest BCUT2D eigenvalue weighted by Crippen LogP contribution is -2.30. The number of para-hydroxylation sites is 1. The Hall–Kier alpha value is -2.13. The van der Waals surface area contributed by atoms with Gasteiger partial charge in [0.1, 0.15) is 0 Å². The van der Waals surface area contributed by atoms with E-state index >= 15 is 0 Å². The van der Waals surface area contributed by atoms with Gasteiger partial charge in [-0.25, -0.2) is 0 Å². The summed E-state index contributed by atoms with van der Waals surface area (Å²) in [5, 5.41) is 2.96. The van der Waals surface area contributed by atoms with Gasteiger partial charge < -0.3 is 5.32 Å². The van der Waals surface area contributed by atoms with Gasteiger partial charge in [-0.05, 0) is 43.7 Å². The maximum Gasteiger partial charge on any atom is 0.238 e. The van der Waals surface area contributed by atoms with E-state index in [0.29, 0.717) is 6.54 Å². The molecule has 0 aliphatic rings. The molecule has 1 amide bonds. The average molecular weight is 282 g/mol. The normalized spacial score (nSPS) is 10.7. The van der Waals surface area contributed by atoms with Crippen molar-refractivity contribution in [3.63, 3.8) is 0 Å². The first-order chi connectivity index (χ1) is 10.1. The Morgan fingerprint density at radius 3 is 2.29 bits per heavy atom. The highest BCUT2D eigenvalue weighted by Gasteiger charge is 2.09. The van der Waals surface area contributed by atoms with Gasteiger partial charge >= 0.3 is 0 Å². The maximum absolute atomic E-state index is 12.1. The van der Waals surface area contributed by atoms with Gasteiger partial charge in [-0.2, -0.15) is 0 Å². The van der Waals surface area contributed by atoms with Gasteiger partial charge in [-0.1, -0.05) is 42.5 Å². The number of nitrogens with zero attached hydrogens (tertiary/aromatic N) is 1. The first kappa shape index (κ1) is 15.3. The van der Waals surface area contributed by atoms with Crippen LogP contribution in [0.5, 0.6) is 0 Å². The molecule has 110 valence electrons. The number of anilines is 1. The van der Waals surface area contributed by atoms with E-state index in [1.165, 1.54) is 11.1 Å². The maximum atomic E-state index is 12.1. The largest absolute Gasteiger partial charge is 0.325 e. The molecule has 2 rings (SSSR count). The zero-order valence-electron chi connectivity index (χ0n) is 12.9. The van der Waals surface area contributed by atoms with Crippen LogP contribution in [0, 0.1) is 13.8 Å². The molecule has 21 heavy (non-hydrogen) atoms. The molecular formula is C18H22N2O. The average Bonchev–Trinajstić information content (AvgIpc) is 2.44. The number of hydrogen-bond acceptors (Lipinski definition) is 2. The predicted octanol–water partition coefficient (Wildman–Crippen LogP) is 3.37. The van der Waals surface area contributed by atoms with Gasteiger partial charge in [0.2, 0.25) is 5.91 Å². The molecule has 0 unspecified atom stereocenters. The SMILES string of the molecule is Cc1ccccc1CN(C)CC(=O)Nc1ccccc1C. The van der Waals surface area contributed by atoms with Crippen LogP contribution in [0.1, 0.15) is 16.7 Å². The molecule has 2 aromatic carbocycles. The Balaban J connectivity index is 1.91. The third-order valence-electron chi connectivity index (χ3n) is 3.53. The van der Waals surface area contributed by atoms with Crippen LogP contribution in [0.25, 0.3) is 0 Å². The molecule has 0 aliphatic carbocycles. The number of aryl methyl sites for hydroxylation is 2. The molecule has 0 atom stereocenters. The third kappa shape index (κ3) is 4.43. The summed E-state index contributed by atoms with van der Waals surface area (Å²) in [5.41, 5.74) is 4.46. The van der Waals surface area contributed by atoms with E-state index in [1.54, 1.807) is 0 Å². The van der Waals surface area contributed by atoms with Crippen molar-refractivity contribution in [2.24, 2.45) is 0 Å². The Labute approximate surface area is 126 Å². The van der Waals surface area contributed by atoms with Crippen molar-refractivity contribution in [2.45, 2.75) is 20.4 Å². The van der Waals surface area contributed by atoms with Crippen molar-refractivity contribution in [1.82, 2.24) is 4.90 Å². The number of hydrogen-bond donors (Lipinski definition) is 1. The molecule has 0 saturated heterocycles. The second kappa shape index (κ2) is 7.04. The Bertz CT molecular complexity index is 622. The fourth-order valence-electron chi connectivity index (χ4n) is 2.28. The fourth-order valence-corrected chi connectivity index (χ4v) is 2.28. The number of nitrogens with one attached hydrogen (secondary N) is 1. The van der Waals surface area contributed by atoms with Crippen LogP contribution in [0.4, 0.5) is 5.69 Å². The van der Waals surface area contributed by atoms with Gasteiger partial charge in [0, 0.05) is 12.2 Å². The molecule has 0 aliphatic heterocycles. The zero-order chi connectivity index (χ0) is 15.2. The minimum atomic E-state index is 0.0142. The van der Waals surface area contributed by atoms with Crippen molar-refractivity contribution >= 4 is 11.6 Å². The highest BCUT2D eigenvalue weighted by atomic mass is 16.2. The number of carbonyl (C=O) groups excluding carboxylic acids is 1. The third-order valence-corrected chi connectivity index (χ3v) is 3.53. The van der Waals surface area contributed by atoms with Crippen LogP contribution in [0.3, 0.4) is 0 Å². The molecule has 0 spiro atoms. The monoisotopic (exact) mass is 282 g/mol. The summed E-state index contributed by atoms with van der Waals surface area (Å²) in [5.74, 6) is 0.0142. The summed E-state index contributed by atoms with van der Waals surface area (Å²) in [7, 11) is 1.96. The molecular weight excluding hydrogens is 260 g/mol. The Kier molecular flexibility index (Phi) is 5.12. The molecule has 1 N–H and O–H groups in total. The number of amides is 1. The van der Waals surface area contributed by atoms with Gasteiger partial charge in [0.05, 0.1) is 6.54 Å². The van der Waals surface area contributed by atoms with E-state index in [4.69, 9.17) is 0 Å². The lowest BCUT2D eigenvalue weighted by atomic mass is 10.1. The highest BCUT2D eigenvalue weighted by Crippen LogP contribution is 2.13. The van der Waals surface area contributed by atoms with E-state index in [9.17, 15) is 4.79 Å². The van der Waals surface area contributed by atoms with Crippen LogP contribution in [0.2, 0.25) is 0 Å². The van der Waals surface area contributed by atoms with E-state index < -0.39 is 0 Å². The predicted molar refractivity (Wildman–Crippen MR) is 87.3 cm³/mol. The van der Waals surface area contributed by atoms with Crippen LogP contribution in [-0.2, 0) is 11.3 Å².